The van der Waals surface area contributed by atoms with E-state index in [2.05, 4.69) is 9.97 Å². The number of aliphatic hydroxyl groups is 1. The second-order valence-corrected chi connectivity index (χ2v) is 4.12. The summed E-state index contributed by atoms with van der Waals surface area (Å²) in [5, 5.41) is 9.04. The quantitative estimate of drug-likeness (QED) is 0.835. The SMILES string of the molecule is Nc1nc(-c2ccc3c(c2)OCCO3)ncc1CO. The van der Waals surface area contributed by atoms with Crippen molar-refractivity contribution in [3.63, 3.8) is 0 Å². The number of hydrogen-bond acceptors (Lipinski definition) is 6. The van der Waals surface area contributed by atoms with Gasteiger partial charge in [-0.2, -0.15) is 0 Å². The first-order valence-corrected chi connectivity index (χ1v) is 5.90. The second kappa shape index (κ2) is 4.74. The minimum atomic E-state index is -0.173. The molecule has 6 heteroatoms. The molecule has 1 aromatic carbocycles. The topological polar surface area (TPSA) is 90.5 Å². The first kappa shape index (κ1) is 11.7. The minimum absolute atomic E-state index is 0.173. The molecule has 0 saturated carbocycles. The molecule has 0 spiro atoms. The zero-order valence-corrected chi connectivity index (χ0v) is 10.2. The van der Waals surface area contributed by atoms with E-state index < -0.39 is 0 Å². The highest BCUT2D eigenvalue weighted by molar-refractivity contribution is 5.62. The maximum Gasteiger partial charge on any atom is 0.162 e. The lowest BCUT2D eigenvalue weighted by Crippen LogP contribution is -2.15. The van der Waals surface area contributed by atoms with Gasteiger partial charge in [-0.25, -0.2) is 9.97 Å². The Labute approximate surface area is 109 Å². The Morgan fingerprint density at radius 3 is 2.74 bits per heavy atom. The van der Waals surface area contributed by atoms with E-state index in [4.69, 9.17) is 20.3 Å². The maximum atomic E-state index is 9.04. The molecule has 0 radical (unpaired) electrons. The number of nitrogens with zero attached hydrogens (tertiary/aromatic N) is 2. The molecular formula is C13H13N3O3. The van der Waals surface area contributed by atoms with Gasteiger partial charge in [0.15, 0.2) is 17.3 Å². The Morgan fingerprint density at radius 2 is 2.00 bits per heavy atom. The Morgan fingerprint density at radius 1 is 1.21 bits per heavy atom. The third kappa shape index (κ3) is 2.17. The van der Waals surface area contributed by atoms with Gasteiger partial charge in [0.2, 0.25) is 0 Å². The van der Waals surface area contributed by atoms with Crippen LogP contribution in [0.2, 0.25) is 0 Å². The zero-order chi connectivity index (χ0) is 13.2. The normalized spacial score (nSPS) is 13.3. The van der Waals surface area contributed by atoms with Crippen molar-refractivity contribution in [1.82, 2.24) is 9.97 Å². The van der Waals surface area contributed by atoms with Crippen molar-refractivity contribution in [3.05, 3.63) is 30.0 Å². The lowest BCUT2D eigenvalue weighted by molar-refractivity contribution is 0.171. The molecule has 98 valence electrons. The van der Waals surface area contributed by atoms with Crippen molar-refractivity contribution < 1.29 is 14.6 Å². The number of nitrogens with two attached hydrogens (primary N) is 1. The van der Waals surface area contributed by atoms with Crippen LogP contribution < -0.4 is 15.2 Å². The molecule has 1 aromatic heterocycles. The Kier molecular flexibility index (Phi) is 2.92. The third-order valence-corrected chi connectivity index (χ3v) is 2.87. The number of ether oxygens (including phenoxy) is 2. The predicted octanol–water partition coefficient (Wildman–Crippen LogP) is 0.989. The number of fused-ring (bicyclic) bond motifs is 1. The lowest BCUT2D eigenvalue weighted by atomic mass is 10.1. The van der Waals surface area contributed by atoms with Crippen LogP contribution in [-0.2, 0) is 6.61 Å². The summed E-state index contributed by atoms with van der Waals surface area (Å²) < 4.78 is 11.0. The molecule has 1 aliphatic heterocycles. The van der Waals surface area contributed by atoms with Crippen LogP contribution >= 0.6 is 0 Å². The first-order chi connectivity index (χ1) is 9.28. The van der Waals surface area contributed by atoms with Gasteiger partial charge in [-0.1, -0.05) is 0 Å². The maximum absolute atomic E-state index is 9.04. The summed E-state index contributed by atoms with van der Waals surface area (Å²) in [6.45, 7) is 0.914. The molecule has 0 amide bonds. The van der Waals surface area contributed by atoms with E-state index in [0.29, 0.717) is 30.4 Å². The van der Waals surface area contributed by atoms with Crippen molar-refractivity contribution in [3.8, 4) is 22.9 Å². The third-order valence-electron chi connectivity index (χ3n) is 2.87. The van der Waals surface area contributed by atoms with Crippen molar-refractivity contribution >= 4 is 5.82 Å². The van der Waals surface area contributed by atoms with E-state index in [1.165, 1.54) is 6.20 Å². The highest BCUT2D eigenvalue weighted by Gasteiger charge is 2.14. The number of hydrogen-bond donors (Lipinski definition) is 2. The summed E-state index contributed by atoms with van der Waals surface area (Å²) in [7, 11) is 0. The van der Waals surface area contributed by atoms with Gasteiger partial charge in [0.25, 0.3) is 0 Å². The fourth-order valence-corrected chi connectivity index (χ4v) is 1.86. The van der Waals surface area contributed by atoms with Crippen LogP contribution in [0.4, 0.5) is 5.82 Å². The van der Waals surface area contributed by atoms with Gasteiger partial charge in [0.05, 0.1) is 6.61 Å². The Bertz CT molecular complexity index is 616. The van der Waals surface area contributed by atoms with E-state index in [-0.39, 0.29) is 12.4 Å². The number of aliphatic hydroxyl groups excluding tert-OH is 1. The summed E-state index contributed by atoms with van der Waals surface area (Å²) in [4.78, 5) is 8.36. The average Bonchev–Trinajstić information content (AvgIpc) is 2.46. The molecule has 1 aliphatic rings. The molecule has 3 N–H and O–H groups in total. The Hall–Kier alpha value is -2.34. The zero-order valence-electron chi connectivity index (χ0n) is 10.2. The summed E-state index contributed by atoms with van der Waals surface area (Å²) in [5.74, 6) is 2.17. The van der Waals surface area contributed by atoms with Crippen molar-refractivity contribution in [2.75, 3.05) is 18.9 Å². The van der Waals surface area contributed by atoms with Crippen LogP contribution in [0.1, 0.15) is 5.56 Å². The van der Waals surface area contributed by atoms with Crippen molar-refractivity contribution in [1.29, 1.82) is 0 Å². The number of benzene rings is 1. The van der Waals surface area contributed by atoms with E-state index in [1.54, 1.807) is 0 Å². The molecule has 2 aromatic rings. The molecule has 6 nitrogen and oxygen atoms in total. The standard InChI is InChI=1S/C13H13N3O3/c14-12-9(7-17)6-15-13(16-12)8-1-2-10-11(5-8)19-4-3-18-10/h1-2,5-6,17H,3-4,7H2,(H2,14,15,16). The summed E-state index contributed by atoms with van der Waals surface area (Å²) in [5.41, 5.74) is 7.05. The number of nitrogen functional groups attached to an aromatic ring is 1. The van der Waals surface area contributed by atoms with E-state index in [1.807, 2.05) is 18.2 Å². The van der Waals surface area contributed by atoms with Crippen molar-refractivity contribution in [2.45, 2.75) is 6.61 Å². The van der Waals surface area contributed by atoms with Crippen LogP contribution in [0.15, 0.2) is 24.4 Å². The largest absolute Gasteiger partial charge is 0.486 e. The van der Waals surface area contributed by atoms with Gasteiger partial charge in [0.1, 0.15) is 19.0 Å². The monoisotopic (exact) mass is 259 g/mol. The molecule has 2 heterocycles. The average molecular weight is 259 g/mol. The van der Waals surface area contributed by atoms with Gasteiger partial charge in [0, 0.05) is 17.3 Å². The molecule has 0 atom stereocenters. The molecule has 0 fully saturated rings. The van der Waals surface area contributed by atoms with Gasteiger partial charge in [-0.3, -0.25) is 0 Å². The van der Waals surface area contributed by atoms with E-state index >= 15 is 0 Å². The highest BCUT2D eigenvalue weighted by Crippen LogP contribution is 2.33. The van der Waals surface area contributed by atoms with Gasteiger partial charge in [-0.05, 0) is 18.2 Å². The van der Waals surface area contributed by atoms with Crippen LogP contribution in [0.5, 0.6) is 11.5 Å². The molecule has 0 aliphatic carbocycles. The van der Waals surface area contributed by atoms with Gasteiger partial charge < -0.3 is 20.3 Å². The summed E-state index contributed by atoms with van der Waals surface area (Å²) in [6, 6.07) is 5.49. The Balaban J connectivity index is 2.00. The highest BCUT2D eigenvalue weighted by atomic mass is 16.6. The van der Waals surface area contributed by atoms with Crippen LogP contribution in [0, 0.1) is 0 Å². The van der Waals surface area contributed by atoms with E-state index in [0.717, 1.165) is 11.3 Å². The fraction of sp³-hybridized carbons (Fsp3) is 0.231. The summed E-state index contributed by atoms with van der Waals surface area (Å²) >= 11 is 0. The molecule has 0 saturated heterocycles. The number of rotatable bonds is 2. The van der Waals surface area contributed by atoms with Gasteiger partial charge >= 0.3 is 0 Å². The van der Waals surface area contributed by atoms with Gasteiger partial charge in [-0.15, -0.1) is 0 Å². The first-order valence-electron chi connectivity index (χ1n) is 5.90. The fourth-order valence-electron chi connectivity index (χ4n) is 1.86. The van der Waals surface area contributed by atoms with Crippen LogP contribution in [0.3, 0.4) is 0 Å². The molecule has 0 unspecified atom stereocenters. The van der Waals surface area contributed by atoms with Crippen LogP contribution in [0.25, 0.3) is 11.4 Å². The molecule has 3 rings (SSSR count). The summed E-state index contributed by atoms with van der Waals surface area (Å²) in [6.07, 6.45) is 1.52. The number of anilines is 1. The van der Waals surface area contributed by atoms with E-state index in [9.17, 15) is 0 Å². The smallest absolute Gasteiger partial charge is 0.162 e. The minimum Gasteiger partial charge on any atom is -0.486 e. The molecule has 19 heavy (non-hydrogen) atoms. The molecular weight excluding hydrogens is 246 g/mol. The number of aromatic nitrogens is 2. The molecule has 0 bridgehead atoms. The second-order valence-electron chi connectivity index (χ2n) is 4.12. The predicted molar refractivity (Wildman–Crippen MR) is 68.8 cm³/mol. The van der Waals surface area contributed by atoms with Crippen LogP contribution in [-0.4, -0.2) is 28.3 Å². The lowest BCUT2D eigenvalue weighted by Gasteiger charge is -2.18. The van der Waals surface area contributed by atoms with Crippen molar-refractivity contribution in [2.24, 2.45) is 0 Å².